The van der Waals surface area contributed by atoms with Gasteiger partial charge >= 0.3 is 0 Å². The number of rotatable bonds is 4. The van der Waals surface area contributed by atoms with E-state index >= 15 is 0 Å². The third-order valence-electron chi connectivity index (χ3n) is 5.81. The Labute approximate surface area is 156 Å². The normalized spacial score (nSPS) is 26.4. The summed E-state index contributed by atoms with van der Waals surface area (Å²) in [6, 6.07) is 2.71. The molecule has 2 aliphatic rings. The van der Waals surface area contributed by atoms with Gasteiger partial charge in [0.15, 0.2) is 9.84 Å². The molecule has 6 heteroatoms. The number of nitrogens with one attached hydrogen (secondary N) is 1. The molecule has 0 aromatic carbocycles. The molecular weight excluding hydrogens is 348 g/mol. The molecule has 5 nitrogen and oxygen atoms in total. The van der Waals surface area contributed by atoms with Gasteiger partial charge in [-0.1, -0.05) is 19.3 Å². The predicted octanol–water partition coefficient (Wildman–Crippen LogP) is 3.32. The van der Waals surface area contributed by atoms with E-state index in [0.717, 1.165) is 5.56 Å². The lowest BCUT2D eigenvalue weighted by molar-refractivity contribution is -0.117. The Morgan fingerprint density at radius 1 is 1.27 bits per heavy atom. The second-order valence-corrected chi connectivity index (χ2v) is 10.4. The molecule has 2 heterocycles. The molecule has 1 aromatic rings. The molecule has 1 aliphatic heterocycles. The first-order valence-electron chi connectivity index (χ1n) is 9.58. The van der Waals surface area contributed by atoms with Crippen molar-refractivity contribution in [3.05, 3.63) is 29.1 Å². The first-order chi connectivity index (χ1) is 12.2. The Bertz CT molecular complexity index is 816. The summed E-state index contributed by atoms with van der Waals surface area (Å²) in [4.78, 5) is 12.3. The maximum absolute atomic E-state index is 12.3. The van der Waals surface area contributed by atoms with Crippen LogP contribution in [0.15, 0.2) is 12.1 Å². The minimum absolute atomic E-state index is 0.0236. The van der Waals surface area contributed by atoms with E-state index in [1.165, 1.54) is 49.6 Å². The first-order valence-corrected chi connectivity index (χ1v) is 11.4. The lowest BCUT2D eigenvalue weighted by Crippen LogP contribution is -2.46. The number of hydrogen-bond acceptors (Lipinski definition) is 3. The van der Waals surface area contributed by atoms with Crippen LogP contribution in [0.5, 0.6) is 0 Å². The van der Waals surface area contributed by atoms with Crippen LogP contribution in [0, 0.1) is 13.8 Å². The molecule has 3 rings (SSSR count). The third kappa shape index (κ3) is 4.22. The van der Waals surface area contributed by atoms with Crippen LogP contribution in [-0.2, 0) is 14.6 Å². The van der Waals surface area contributed by atoms with Gasteiger partial charge in [-0.05, 0) is 57.7 Å². The smallest absolute Gasteiger partial charge is 0.244 e. The van der Waals surface area contributed by atoms with Crippen LogP contribution in [-0.4, -0.2) is 35.9 Å². The Balaban J connectivity index is 1.69. The second kappa shape index (κ2) is 7.22. The third-order valence-corrected chi connectivity index (χ3v) is 7.71. The summed E-state index contributed by atoms with van der Waals surface area (Å²) in [6.07, 6.45) is 10.2. The van der Waals surface area contributed by atoms with Gasteiger partial charge in [0, 0.05) is 23.5 Å². The van der Waals surface area contributed by atoms with Gasteiger partial charge in [-0.25, -0.2) is 8.42 Å². The van der Waals surface area contributed by atoms with Crippen molar-refractivity contribution in [2.24, 2.45) is 0 Å². The molecule has 144 valence electrons. The summed E-state index contributed by atoms with van der Waals surface area (Å²) in [5.74, 6) is -0.0571. The molecule has 1 aliphatic carbocycles. The maximum atomic E-state index is 12.3. The molecule has 1 saturated carbocycles. The van der Waals surface area contributed by atoms with Crippen LogP contribution < -0.4 is 5.32 Å². The van der Waals surface area contributed by atoms with E-state index in [9.17, 15) is 13.2 Å². The quantitative estimate of drug-likeness (QED) is 0.817. The Morgan fingerprint density at radius 3 is 2.58 bits per heavy atom. The van der Waals surface area contributed by atoms with Gasteiger partial charge in [-0.2, -0.15) is 0 Å². The molecular formula is C20H30N2O3S. The molecule has 2 fully saturated rings. The van der Waals surface area contributed by atoms with Crippen molar-refractivity contribution in [3.63, 3.8) is 0 Å². The molecule has 1 aromatic heterocycles. The topological polar surface area (TPSA) is 68.2 Å². The van der Waals surface area contributed by atoms with Crippen molar-refractivity contribution in [2.75, 3.05) is 11.5 Å². The molecule has 0 bridgehead atoms. The molecule has 0 radical (unpaired) electrons. The number of aryl methyl sites for hydroxylation is 1. The highest BCUT2D eigenvalue weighted by Gasteiger charge is 2.39. The fourth-order valence-electron chi connectivity index (χ4n) is 4.49. The van der Waals surface area contributed by atoms with Gasteiger partial charge in [-0.3, -0.25) is 4.79 Å². The molecule has 1 N–H and O–H groups in total. The van der Waals surface area contributed by atoms with E-state index in [-0.39, 0.29) is 17.4 Å². The fraction of sp³-hybridized carbons (Fsp3) is 0.650. The highest BCUT2D eigenvalue weighted by molar-refractivity contribution is 7.91. The van der Waals surface area contributed by atoms with Crippen molar-refractivity contribution < 1.29 is 13.2 Å². The van der Waals surface area contributed by atoms with E-state index < -0.39 is 15.4 Å². The van der Waals surface area contributed by atoms with Crippen LogP contribution in [0.2, 0.25) is 0 Å². The molecule has 1 amide bonds. The van der Waals surface area contributed by atoms with Gasteiger partial charge < -0.3 is 9.88 Å². The highest BCUT2D eigenvalue weighted by Crippen LogP contribution is 2.32. The molecule has 1 saturated heterocycles. The second-order valence-electron chi connectivity index (χ2n) is 8.21. The summed E-state index contributed by atoms with van der Waals surface area (Å²) in [5.41, 5.74) is 2.85. The van der Waals surface area contributed by atoms with Gasteiger partial charge in [0.1, 0.15) is 0 Å². The zero-order valence-electron chi connectivity index (χ0n) is 16.0. The number of aromatic nitrogens is 1. The molecule has 1 unspecified atom stereocenters. The lowest BCUT2D eigenvalue weighted by Gasteiger charge is -2.26. The van der Waals surface area contributed by atoms with Crippen molar-refractivity contribution in [2.45, 2.75) is 70.9 Å². The van der Waals surface area contributed by atoms with Crippen LogP contribution in [0.1, 0.15) is 68.4 Å². The number of hydrogen-bond donors (Lipinski definition) is 1. The predicted molar refractivity (Wildman–Crippen MR) is 105 cm³/mol. The zero-order chi connectivity index (χ0) is 18.9. The average Bonchev–Trinajstić information content (AvgIpc) is 3.01. The van der Waals surface area contributed by atoms with E-state index in [2.05, 4.69) is 29.8 Å². The minimum atomic E-state index is -3.03. The Hall–Kier alpha value is -1.56. The summed E-state index contributed by atoms with van der Waals surface area (Å²) < 4.78 is 25.8. The van der Waals surface area contributed by atoms with E-state index in [0.29, 0.717) is 12.5 Å². The van der Waals surface area contributed by atoms with E-state index in [1.807, 2.05) is 6.08 Å². The molecule has 0 spiro atoms. The standard InChI is InChI=1S/C20H30N2O3S/c1-15-13-17(16(2)22(15)18-7-5-4-6-8-18)9-10-19(23)21-20(3)11-12-26(24,25)14-20/h9-10,13,18H,4-8,11-12,14H2,1-3H3,(H,21,23)/b10-9+. The number of carbonyl (C=O) groups excluding carboxylic acids is 1. The minimum Gasteiger partial charge on any atom is -0.346 e. The summed E-state index contributed by atoms with van der Waals surface area (Å²) in [5, 5.41) is 2.87. The van der Waals surface area contributed by atoms with E-state index in [1.54, 1.807) is 6.92 Å². The number of carbonyl (C=O) groups is 1. The lowest BCUT2D eigenvalue weighted by atomic mass is 9.95. The number of sulfone groups is 1. The first kappa shape index (κ1) is 19.2. The fourth-order valence-corrected chi connectivity index (χ4v) is 6.58. The SMILES string of the molecule is Cc1cc(/C=C/C(=O)NC2(C)CCS(=O)(=O)C2)c(C)n1C1CCCCC1. The largest absolute Gasteiger partial charge is 0.346 e. The number of amides is 1. The van der Waals surface area contributed by atoms with Crippen LogP contribution in [0.3, 0.4) is 0 Å². The highest BCUT2D eigenvalue weighted by atomic mass is 32.2. The Kier molecular flexibility index (Phi) is 5.33. The van der Waals surface area contributed by atoms with Crippen molar-refractivity contribution >= 4 is 21.8 Å². The van der Waals surface area contributed by atoms with Crippen LogP contribution in [0.4, 0.5) is 0 Å². The zero-order valence-corrected chi connectivity index (χ0v) is 16.9. The molecule has 26 heavy (non-hydrogen) atoms. The van der Waals surface area contributed by atoms with E-state index in [4.69, 9.17) is 0 Å². The van der Waals surface area contributed by atoms with Crippen LogP contribution >= 0.6 is 0 Å². The van der Waals surface area contributed by atoms with Gasteiger partial charge in [0.2, 0.25) is 5.91 Å². The summed E-state index contributed by atoms with van der Waals surface area (Å²) >= 11 is 0. The van der Waals surface area contributed by atoms with Gasteiger partial charge in [0.05, 0.1) is 17.0 Å². The monoisotopic (exact) mass is 378 g/mol. The Morgan fingerprint density at radius 2 is 1.96 bits per heavy atom. The van der Waals surface area contributed by atoms with Gasteiger partial charge in [-0.15, -0.1) is 0 Å². The van der Waals surface area contributed by atoms with Gasteiger partial charge in [0.25, 0.3) is 0 Å². The summed E-state index contributed by atoms with van der Waals surface area (Å²) in [7, 11) is -3.03. The number of nitrogens with zero attached hydrogens (tertiary/aromatic N) is 1. The molecule has 1 atom stereocenters. The van der Waals surface area contributed by atoms with Crippen LogP contribution in [0.25, 0.3) is 6.08 Å². The van der Waals surface area contributed by atoms with Crippen molar-refractivity contribution in [3.8, 4) is 0 Å². The summed E-state index contributed by atoms with van der Waals surface area (Å²) in [6.45, 7) is 6.05. The van der Waals surface area contributed by atoms with Crippen molar-refractivity contribution in [1.82, 2.24) is 9.88 Å². The average molecular weight is 379 g/mol. The van der Waals surface area contributed by atoms with Crippen molar-refractivity contribution in [1.29, 1.82) is 0 Å². The maximum Gasteiger partial charge on any atom is 0.244 e.